The highest BCUT2D eigenvalue weighted by Gasteiger charge is 2.82. The number of esters is 1. The average molecular weight is 520 g/mol. The van der Waals surface area contributed by atoms with Gasteiger partial charge in [-0.1, -0.05) is 30.3 Å². The third-order valence-corrected chi connectivity index (χ3v) is 9.89. The first-order chi connectivity index (χ1) is 17.0. The standard InChI is InChI=1S/C27H20F5O3S/c28-26(29)20-13-16(25(26,34)27(30,31)32)14-21(20)35-24(33)15-6-5-7-17(12-15)36-22-10-3-1-8-18(22)19-9-2-4-11-23(19)36/h1-12,16,20-21,34H,13-14H2/q+1. The molecular weight excluding hydrogens is 499 g/mol. The van der Waals surface area contributed by atoms with Gasteiger partial charge < -0.3 is 9.84 Å². The summed E-state index contributed by atoms with van der Waals surface area (Å²) in [7, 11) is -0.492. The average Bonchev–Trinajstić information content (AvgIpc) is 3.48. The minimum atomic E-state index is -5.48. The lowest BCUT2D eigenvalue weighted by molar-refractivity contribution is -0.352. The van der Waals surface area contributed by atoms with E-state index in [1.165, 1.54) is 6.07 Å². The second-order valence-corrected chi connectivity index (χ2v) is 11.4. The maximum atomic E-state index is 14.7. The van der Waals surface area contributed by atoms with Gasteiger partial charge in [0, 0.05) is 33.2 Å². The summed E-state index contributed by atoms with van der Waals surface area (Å²) in [6.45, 7) is 0. The van der Waals surface area contributed by atoms with Crippen molar-refractivity contribution in [2.75, 3.05) is 0 Å². The van der Waals surface area contributed by atoms with E-state index in [-0.39, 0.29) is 5.56 Å². The zero-order valence-corrected chi connectivity index (χ0v) is 19.5. The van der Waals surface area contributed by atoms with Crippen LogP contribution in [0, 0.1) is 11.8 Å². The Morgan fingerprint density at radius 3 is 2.11 bits per heavy atom. The van der Waals surface area contributed by atoms with Crippen molar-refractivity contribution in [2.45, 2.75) is 36.6 Å². The van der Waals surface area contributed by atoms with Crippen LogP contribution in [0.5, 0.6) is 0 Å². The highest BCUT2D eigenvalue weighted by atomic mass is 32.2. The fraction of sp³-hybridized carbons (Fsp3) is 0.296. The Hall–Kier alpha value is -3.04. The first kappa shape index (κ1) is 23.4. The van der Waals surface area contributed by atoms with Crippen LogP contribution in [0.25, 0.3) is 25.1 Å². The highest BCUT2D eigenvalue weighted by Crippen LogP contribution is 2.65. The van der Waals surface area contributed by atoms with Crippen LogP contribution < -0.4 is 0 Å². The van der Waals surface area contributed by atoms with Gasteiger partial charge in [0.25, 0.3) is 5.92 Å². The Bertz CT molecular complexity index is 1460. The number of halogens is 5. The number of benzene rings is 3. The van der Waals surface area contributed by atoms with Gasteiger partial charge in [0.05, 0.1) is 11.5 Å². The normalized spacial score (nSPS) is 27.1. The molecule has 2 bridgehead atoms. The van der Waals surface area contributed by atoms with Crippen molar-refractivity contribution < 1.29 is 36.6 Å². The summed E-state index contributed by atoms with van der Waals surface area (Å²) in [6, 6.07) is 22.7. The summed E-state index contributed by atoms with van der Waals surface area (Å²) in [6.07, 6.45) is -7.90. The van der Waals surface area contributed by atoms with E-state index in [2.05, 4.69) is 0 Å². The molecule has 1 aromatic heterocycles. The topological polar surface area (TPSA) is 46.5 Å². The number of fused-ring (bicyclic) bond motifs is 5. The Kier molecular flexibility index (Phi) is 5.02. The van der Waals surface area contributed by atoms with E-state index in [9.17, 15) is 31.9 Å². The van der Waals surface area contributed by atoms with Crippen LogP contribution in [0.3, 0.4) is 0 Å². The number of carbonyl (C=O) groups is 1. The second-order valence-electron chi connectivity index (χ2n) is 9.43. The fourth-order valence-electron chi connectivity index (χ4n) is 5.89. The fourth-order valence-corrected chi connectivity index (χ4v) is 8.32. The molecule has 0 saturated heterocycles. The largest absolute Gasteiger partial charge is 0.458 e. The lowest BCUT2D eigenvalue weighted by Gasteiger charge is -2.42. The molecule has 0 aliphatic heterocycles. The number of hydrogen-bond donors (Lipinski definition) is 1. The summed E-state index contributed by atoms with van der Waals surface area (Å²) in [4.78, 5) is 13.8. The molecule has 6 rings (SSSR count). The van der Waals surface area contributed by atoms with Gasteiger partial charge in [-0.05, 0) is 49.2 Å². The molecule has 3 nitrogen and oxygen atoms in total. The molecule has 4 aromatic rings. The number of thiophene rings is 1. The van der Waals surface area contributed by atoms with Crippen LogP contribution in [0.4, 0.5) is 22.0 Å². The minimum absolute atomic E-state index is 0.138. The van der Waals surface area contributed by atoms with Crippen LogP contribution in [0.2, 0.25) is 0 Å². The Labute approximate surface area is 205 Å². The van der Waals surface area contributed by atoms with E-state index in [1.807, 2.05) is 54.6 Å². The Morgan fingerprint density at radius 2 is 1.53 bits per heavy atom. The van der Waals surface area contributed by atoms with Gasteiger partial charge in [0.15, 0.2) is 14.3 Å². The Balaban J connectivity index is 1.31. The summed E-state index contributed by atoms with van der Waals surface area (Å²) in [5.74, 6) is -8.93. The van der Waals surface area contributed by atoms with Crippen molar-refractivity contribution in [3.8, 4) is 4.90 Å². The molecular formula is C27H20F5O3S+. The summed E-state index contributed by atoms with van der Waals surface area (Å²) >= 11 is 0. The maximum absolute atomic E-state index is 14.7. The van der Waals surface area contributed by atoms with Gasteiger partial charge in [-0.25, -0.2) is 13.6 Å². The van der Waals surface area contributed by atoms with Gasteiger partial charge in [0.1, 0.15) is 6.10 Å². The third kappa shape index (κ3) is 3.08. The number of rotatable bonds is 3. The molecule has 0 radical (unpaired) electrons. The minimum Gasteiger partial charge on any atom is -0.458 e. The summed E-state index contributed by atoms with van der Waals surface area (Å²) in [5, 5.41) is 12.1. The van der Waals surface area contributed by atoms with Crippen LogP contribution in [0.1, 0.15) is 23.2 Å². The quantitative estimate of drug-likeness (QED) is 0.177. The molecule has 0 amide bonds. The molecule has 2 fully saturated rings. The molecule has 4 atom stereocenters. The van der Waals surface area contributed by atoms with Crippen molar-refractivity contribution in [2.24, 2.45) is 11.8 Å². The SMILES string of the molecule is O=C(OC1CC2CC1C(F)(F)C2(O)C(F)(F)F)c1cccc(-[s+]2c3ccccc3c3ccccc32)c1. The van der Waals surface area contributed by atoms with Crippen molar-refractivity contribution >= 4 is 36.6 Å². The van der Waals surface area contributed by atoms with Crippen LogP contribution >= 0.6 is 10.5 Å². The molecule has 4 unspecified atom stereocenters. The Morgan fingerprint density at radius 1 is 0.917 bits per heavy atom. The number of carbonyl (C=O) groups excluding carboxylic acids is 1. The van der Waals surface area contributed by atoms with Crippen molar-refractivity contribution in [3.63, 3.8) is 0 Å². The van der Waals surface area contributed by atoms with E-state index < -0.39 is 64.9 Å². The molecule has 2 aliphatic carbocycles. The van der Waals surface area contributed by atoms with E-state index in [1.54, 1.807) is 12.1 Å². The first-order valence-electron chi connectivity index (χ1n) is 11.4. The van der Waals surface area contributed by atoms with Crippen molar-refractivity contribution in [1.29, 1.82) is 0 Å². The number of hydrogen-bond acceptors (Lipinski definition) is 3. The lowest BCUT2D eigenvalue weighted by atomic mass is 9.79. The molecule has 1 heterocycles. The van der Waals surface area contributed by atoms with Gasteiger partial charge in [-0.2, -0.15) is 13.2 Å². The molecule has 2 saturated carbocycles. The smallest absolute Gasteiger partial charge is 0.423 e. The van der Waals surface area contributed by atoms with Crippen LogP contribution in [-0.4, -0.2) is 34.9 Å². The monoisotopic (exact) mass is 519 g/mol. The molecule has 186 valence electrons. The van der Waals surface area contributed by atoms with Gasteiger partial charge in [0.2, 0.25) is 5.60 Å². The van der Waals surface area contributed by atoms with Crippen LogP contribution in [-0.2, 0) is 4.74 Å². The molecule has 2 aliphatic rings. The third-order valence-electron chi connectivity index (χ3n) is 7.57. The molecule has 0 spiro atoms. The number of aliphatic hydroxyl groups is 1. The summed E-state index contributed by atoms with van der Waals surface area (Å²) < 4.78 is 76.8. The second kappa shape index (κ2) is 7.73. The van der Waals surface area contributed by atoms with Crippen molar-refractivity contribution in [3.05, 3.63) is 78.4 Å². The van der Waals surface area contributed by atoms with E-state index in [0.29, 0.717) is 0 Å². The van der Waals surface area contributed by atoms with E-state index in [0.717, 1.165) is 25.1 Å². The number of alkyl halides is 5. The van der Waals surface area contributed by atoms with Gasteiger partial charge in [-0.15, -0.1) is 0 Å². The lowest BCUT2D eigenvalue weighted by Crippen LogP contribution is -2.64. The van der Waals surface area contributed by atoms with E-state index >= 15 is 0 Å². The van der Waals surface area contributed by atoms with E-state index in [4.69, 9.17) is 4.74 Å². The van der Waals surface area contributed by atoms with Crippen LogP contribution in [0.15, 0.2) is 72.8 Å². The zero-order valence-electron chi connectivity index (χ0n) is 18.6. The maximum Gasteiger partial charge on any atom is 0.423 e. The molecule has 3 aromatic carbocycles. The predicted octanol–water partition coefficient (Wildman–Crippen LogP) is 7.23. The first-order valence-corrected chi connectivity index (χ1v) is 12.7. The number of ether oxygens (including phenoxy) is 1. The predicted molar refractivity (Wildman–Crippen MR) is 127 cm³/mol. The molecule has 36 heavy (non-hydrogen) atoms. The van der Waals surface area contributed by atoms with Gasteiger partial charge >= 0.3 is 12.1 Å². The van der Waals surface area contributed by atoms with Gasteiger partial charge in [-0.3, -0.25) is 0 Å². The highest BCUT2D eigenvalue weighted by molar-refractivity contribution is 7.50. The summed E-state index contributed by atoms with van der Waals surface area (Å²) in [5.41, 5.74) is -3.96. The van der Waals surface area contributed by atoms with Crippen molar-refractivity contribution in [1.82, 2.24) is 0 Å². The molecule has 1 N–H and O–H groups in total. The molecule has 9 heteroatoms. The zero-order chi connectivity index (χ0) is 25.5.